The van der Waals surface area contributed by atoms with Gasteiger partial charge < -0.3 is 14.4 Å². The number of rotatable bonds is 8. The van der Waals surface area contributed by atoms with Crippen LogP contribution >= 0.6 is 0 Å². The number of ketones is 1. The van der Waals surface area contributed by atoms with Gasteiger partial charge >= 0.3 is 0 Å². The molecule has 1 fully saturated rings. The zero-order valence-corrected chi connectivity index (χ0v) is 20.2. The van der Waals surface area contributed by atoms with Crippen molar-refractivity contribution in [2.45, 2.75) is 51.0 Å². The van der Waals surface area contributed by atoms with E-state index in [0.717, 1.165) is 17.5 Å². The predicted octanol–water partition coefficient (Wildman–Crippen LogP) is 3.73. The highest BCUT2D eigenvalue weighted by molar-refractivity contribution is 6.88. The topological polar surface area (TPSA) is 55.8 Å². The van der Waals surface area contributed by atoms with Gasteiger partial charge in [0.05, 0.1) is 15.2 Å². The minimum atomic E-state index is -1.39. The number of likely N-dealkylation sites (N-methyl/N-ethyl adjacent to an activating group) is 1. The zero-order valence-electron chi connectivity index (χ0n) is 19.2. The summed E-state index contributed by atoms with van der Waals surface area (Å²) in [4.78, 5) is 28.0. The number of methoxy groups -OCH3 is 1. The third-order valence-electron chi connectivity index (χ3n) is 5.87. The standard InChI is InChI=1S/C25H33NO4Si/c1-26(25(28)23-7-6-16-30-23)24(19-10-12-20(29-2)13-11-19)22(27)17-18-8-14-21(15-9-18)31(3,4)5/h8-15,23-24H,6-7,16-17H2,1-5H3. The van der Waals surface area contributed by atoms with Crippen LogP contribution in [0.15, 0.2) is 48.5 Å². The summed E-state index contributed by atoms with van der Waals surface area (Å²) in [5.74, 6) is 0.561. The van der Waals surface area contributed by atoms with Crippen LogP contribution < -0.4 is 9.92 Å². The molecule has 0 radical (unpaired) electrons. The lowest BCUT2D eigenvalue weighted by Gasteiger charge is -2.29. The van der Waals surface area contributed by atoms with E-state index < -0.39 is 20.2 Å². The number of carbonyl (C=O) groups excluding carboxylic acids is 2. The number of carbonyl (C=O) groups is 2. The number of amides is 1. The molecule has 1 saturated heterocycles. The first-order chi connectivity index (χ1) is 14.7. The average Bonchev–Trinajstić information content (AvgIpc) is 3.28. The van der Waals surface area contributed by atoms with E-state index in [-0.39, 0.29) is 18.1 Å². The Kier molecular flexibility index (Phi) is 7.33. The Hall–Kier alpha value is -2.44. The molecule has 0 saturated carbocycles. The Morgan fingerprint density at radius 2 is 1.74 bits per heavy atom. The molecule has 0 aromatic heterocycles. The number of hydrogen-bond donors (Lipinski definition) is 0. The van der Waals surface area contributed by atoms with Crippen molar-refractivity contribution in [3.05, 3.63) is 59.7 Å². The molecule has 6 heteroatoms. The molecule has 0 spiro atoms. The first kappa shape index (κ1) is 23.2. The molecule has 31 heavy (non-hydrogen) atoms. The van der Waals surface area contributed by atoms with Gasteiger partial charge in [-0.3, -0.25) is 9.59 Å². The Morgan fingerprint density at radius 3 is 2.26 bits per heavy atom. The molecule has 2 atom stereocenters. The number of nitrogens with zero attached hydrogens (tertiary/aromatic N) is 1. The van der Waals surface area contributed by atoms with Crippen LogP contribution in [0.1, 0.15) is 30.0 Å². The fraction of sp³-hybridized carbons (Fsp3) is 0.440. The van der Waals surface area contributed by atoms with Gasteiger partial charge in [-0.2, -0.15) is 0 Å². The third kappa shape index (κ3) is 5.63. The van der Waals surface area contributed by atoms with Crippen molar-refractivity contribution in [2.75, 3.05) is 20.8 Å². The van der Waals surface area contributed by atoms with E-state index in [1.54, 1.807) is 19.1 Å². The first-order valence-corrected chi connectivity index (χ1v) is 14.3. The number of ether oxygens (including phenoxy) is 2. The SMILES string of the molecule is COc1ccc(C(C(=O)Cc2ccc([Si](C)(C)C)cc2)N(C)C(=O)C2CCCO2)cc1. The summed E-state index contributed by atoms with van der Waals surface area (Å²) in [7, 11) is 1.91. The van der Waals surface area contributed by atoms with E-state index in [2.05, 4.69) is 31.8 Å². The van der Waals surface area contributed by atoms with Gasteiger partial charge in [-0.25, -0.2) is 0 Å². The molecule has 1 heterocycles. The molecule has 166 valence electrons. The lowest BCUT2D eigenvalue weighted by atomic mass is 9.95. The summed E-state index contributed by atoms with van der Waals surface area (Å²) in [5, 5.41) is 1.36. The highest BCUT2D eigenvalue weighted by atomic mass is 28.3. The fourth-order valence-electron chi connectivity index (χ4n) is 3.96. The maximum absolute atomic E-state index is 13.5. The molecule has 2 aromatic carbocycles. The van der Waals surface area contributed by atoms with E-state index >= 15 is 0 Å². The van der Waals surface area contributed by atoms with E-state index in [1.165, 1.54) is 5.19 Å². The summed E-state index contributed by atoms with van der Waals surface area (Å²) >= 11 is 0. The minimum absolute atomic E-state index is 0.0141. The molecule has 0 bridgehead atoms. The van der Waals surface area contributed by atoms with Crippen LogP contribution in [0.3, 0.4) is 0 Å². The Morgan fingerprint density at radius 1 is 1.10 bits per heavy atom. The number of hydrogen-bond acceptors (Lipinski definition) is 4. The molecule has 2 aromatic rings. The Bertz CT molecular complexity index is 897. The third-order valence-corrected chi connectivity index (χ3v) is 7.94. The van der Waals surface area contributed by atoms with E-state index in [0.29, 0.717) is 18.8 Å². The normalized spacial score (nSPS) is 17.3. The molecule has 0 aliphatic carbocycles. The highest BCUT2D eigenvalue weighted by Crippen LogP contribution is 2.27. The smallest absolute Gasteiger partial charge is 0.252 e. The van der Waals surface area contributed by atoms with Crippen LogP contribution in [-0.4, -0.2) is 51.5 Å². The van der Waals surface area contributed by atoms with E-state index in [9.17, 15) is 9.59 Å². The van der Waals surface area contributed by atoms with E-state index in [1.807, 2.05) is 36.4 Å². The van der Waals surface area contributed by atoms with Crippen molar-refractivity contribution in [1.29, 1.82) is 0 Å². The second-order valence-corrected chi connectivity index (χ2v) is 14.3. The average molecular weight is 440 g/mol. The fourth-order valence-corrected chi connectivity index (χ4v) is 5.13. The van der Waals surface area contributed by atoms with Gasteiger partial charge in [0, 0.05) is 20.1 Å². The van der Waals surface area contributed by atoms with Crippen molar-refractivity contribution in [2.24, 2.45) is 0 Å². The summed E-state index contributed by atoms with van der Waals surface area (Å²) in [6.45, 7) is 7.50. The number of benzene rings is 2. The molecule has 3 rings (SSSR count). The first-order valence-electron chi connectivity index (χ1n) is 10.8. The molecule has 5 nitrogen and oxygen atoms in total. The van der Waals surface area contributed by atoms with Crippen molar-refractivity contribution < 1.29 is 19.1 Å². The molecule has 1 aliphatic rings. The maximum atomic E-state index is 13.5. The Labute approximate surface area is 186 Å². The second kappa shape index (κ2) is 9.79. The van der Waals surface area contributed by atoms with Gasteiger partial charge in [0.25, 0.3) is 5.91 Å². The lowest BCUT2D eigenvalue weighted by Crippen LogP contribution is -2.42. The summed E-state index contributed by atoms with van der Waals surface area (Å²) in [6, 6.07) is 15.0. The number of Topliss-reactive ketones (excluding diaryl/α,β-unsaturated/α-hetero) is 1. The molecule has 1 amide bonds. The predicted molar refractivity (Wildman–Crippen MR) is 126 cm³/mol. The van der Waals surface area contributed by atoms with Crippen molar-refractivity contribution in [3.8, 4) is 5.75 Å². The van der Waals surface area contributed by atoms with Crippen molar-refractivity contribution >= 4 is 25.0 Å². The van der Waals surface area contributed by atoms with Gasteiger partial charge in [-0.15, -0.1) is 0 Å². The molecule has 1 aliphatic heterocycles. The summed E-state index contributed by atoms with van der Waals surface area (Å²) in [6.07, 6.45) is 1.38. The van der Waals surface area contributed by atoms with Crippen LogP contribution in [0.25, 0.3) is 0 Å². The lowest BCUT2D eigenvalue weighted by molar-refractivity contribution is -0.145. The molecule has 2 unspecified atom stereocenters. The van der Waals surface area contributed by atoms with Crippen LogP contribution in [0.4, 0.5) is 0 Å². The zero-order chi connectivity index (χ0) is 22.6. The minimum Gasteiger partial charge on any atom is -0.497 e. The van der Waals surface area contributed by atoms with Crippen LogP contribution in [0.5, 0.6) is 5.75 Å². The van der Waals surface area contributed by atoms with Gasteiger partial charge in [-0.05, 0) is 36.1 Å². The van der Waals surface area contributed by atoms with Gasteiger partial charge in [0.15, 0.2) is 5.78 Å². The molecular weight excluding hydrogens is 406 g/mol. The summed E-state index contributed by atoms with van der Waals surface area (Å²) < 4.78 is 10.8. The van der Waals surface area contributed by atoms with Crippen molar-refractivity contribution in [3.63, 3.8) is 0 Å². The maximum Gasteiger partial charge on any atom is 0.252 e. The molecule has 0 N–H and O–H groups in total. The van der Waals surface area contributed by atoms with Gasteiger partial charge in [0.1, 0.15) is 17.9 Å². The molecular formula is C25H33NO4Si. The monoisotopic (exact) mass is 439 g/mol. The highest BCUT2D eigenvalue weighted by Gasteiger charge is 2.34. The largest absolute Gasteiger partial charge is 0.497 e. The Balaban J connectivity index is 1.85. The van der Waals surface area contributed by atoms with E-state index in [4.69, 9.17) is 9.47 Å². The quantitative estimate of drug-likeness (QED) is 0.588. The van der Waals surface area contributed by atoms with Gasteiger partial charge in [0.2, 0.25) is 0 Å². The second-order valence-electron chi connectivity index (χ2n) is 9.22. The van der Waals surface area contributed by atoms with Crippen LogP contribution in [0, 0.1) is 0 Å². The van der Waals surface area contributed by atoms with Crippen LogP contribution in [0.2, 0.25) is 19.6 Å². The van der Waals surface area contributed by atoms with Crippen LogP contribution in [-0.2, 0) is 20.7 Å². The summed E-state index contributed by atoms with van der Waals surface area (Å²) in [5.41, 5.74) is 1.74. The van der Waals surface area contributed by atoms with Crippen molar-refractivity contribution in [1.82, 2.24) is 4.90 Å². The van der Waals surface area contributed by atoms with Gasteiger partial charge in [-0.1, -0.05) is 61.2 Å².